The number of nitrogens with one attached hydrogen (secondary N) is 1. The fourth-order valence-electron chi connectivity index (χ4n) is 1.94. The molecule has 1 amide bonds. The molecule has 0 spiro atoms. The number of halogens is 4. The molecule has 6 nitrogen and oxygen atoms in total. The molecule has 1 aliphatic rings. The predicted molar refractivity (Wildman–Crippen MR) is 69.7 cm³/mol. The van der Waals surface area contributed by atoms with Crippen molar-refractivity contribution in [2.24, 2.45) is 5.92 Å². The Morgan fingerprint density at radius 1 is 1.55 bits per heavy atom. The number of carbonyl (C=O) groups excluding carboxylic acids is 2. The summed E-state index contributed by atoms with van der Waals surface area (Å²) in [6.07, 6.45) is -4.01. The lowest BCUT2D eigenvalue weighted by atomic mass is 10.1. The van der Waals surface area contributed by atoms with E-state index in [-0.39, 0.29) is 23.8 Å². The van der Waals surface area contributed by atoms with E-state index in [1.807, 2.05) is 0 Å². The van der Waals surface area contributed by atoms with E-state index in [1.165, 1.54) is 7.11 Å². The molecular formula is C12H11ClF3N3O3. The van der Waals surface area contributed by atoms with E-state index < -0.39 is 29.5 Å². The first-order chi connectivity index (χ1) is 10.2. The van der Waals surface area contributed by atoms with Gasteiger partial charge < -0.3 is 4.74 Å². The number of methoxy groups -OCH3 is 1. The van der Waals surface area contributed by atoms with Crippen LogP contribution in [0.3, 0.4) is 0 Å². The maximum Gasteiger partial charge on any atom is 0.417 e. The average molecular weight is 338 g/mol. The summed E-state index contributed by atoms with van der Waals surface area (Å²) >= 11 is 5.73. The molecule has 1 unspecified atom stereocenters. The van der Waals surface area contributed by atoms with E-state index in [9.17, 15) is 22.8 Å². The number of ether oxygens (including phenoxy) is 1. The highest BCUT2D eigenvalue weighted by Gasteiger charge is 2.36. The molecular weight excluding hydrogens is 327 g/mol. The first kappa shape index (κ1) is 16.3. The van der Waals surface area contributed by atoms with Crippen molar-refractivity contribution in [1.82, 2.24) is 9.99 Å². The van der Waals surface area contributed by atoms with Crippen molar-refractivity contribution < 1.29 is 27.5 Å². The van der Waals surface area contributed by atoms with E-state index in [4.69, 9.17) is 11.6 Å². The molecule has 1 N–H and O–H groups in total. The molecule has 10 heteroatoms. The van der Waals surface area contributed by atoms with Gasteiger partial charge in [-0.25, -0.2) is 4.98 Å². The standard InChI is InChI=1S/C12H11ClF3N3O3/c1-22-11(21)6-2-9(20)19(5-6)18-10-8(13)3-7(4-17-10)12(14,15)16/h3-4,6H,2,5H2,1H3,(H,17,18). The second kappa shape index (κ2) is 5.99. The Morgan fingerprint density at radius 2 is 2.23 bits per heavy atom. The van der Waals surface area contributed by atoms with Crippen LogP contribution in [0.5, 0.6) is 0 Å². The number of alkyl halides is 3. The maximum atomic E-state index is 12.5. The number of rotatable bonds is 3. The van der Waals surface area contributed by atoms with Gasteiger partial charge in [0.15, 0.2) is 5.82 Å². The number of aromatic nitrogens is 1. The Hall–Kier alpha value is -2.03. The average Bonchev–Trinajstić information content (AvgIpc) is 2.80. The van der Waals surface area contributed by atoms with E-state index in [2.05, 4.69) is 15.1 Å². The second-order valence-corrected chi connectivity index (χ2v) is 5.00. The summed E-state index contributed by atoms with van der Waals surface area (Å²) in [6, 6.07) is 0.704. The molecule has 0 aromatic carbocycles. The zero-order valence-corrected chi connectivity index (χ0v) is 12.0. The Kier molecular flexibility index (Phi) is 4.45. The van der Waals surface area contributed by atoms with Crippen LogP contribution in [0.2, 0.25) is 5.02 Å². The van der Waals surface area contributed by atoms with Gasteiger partial charge >= 0.3 is 12.1 Å². The Morgan fingerprint density at radius 3 is 2.77 bits per heavy atom. The molecule has 22 heavy (non-hydrogen) atoms. The summed E-state index contributed by atoms with van der Waals surface area (Å²) < 4.78 is 42.1. The minimum Gasteiger partial charge on any atom is -0.469 e. The van der Waals surface area contributed by atoms with Crippen LogP contribution in [0.15, 0.2) is 12.3 Å². The molecule has 0 saturated carbocycles. The number of esters is 1. The molecule has 2 rings (SSSR count). The highest BCUT2D eigenvalue weighted by atomic mass is 35.5. The minimum absolute atomic E-state index is 0.0184. The number of hydrazine groups is 1. The van der Waals surface area contributed by atoms with Crippen LogP contribution < -0.4 is 5.43 Å². The van der Waals surface area contributed by atoms with Crippen molar-refractivity contribution in [2.45, 2.75) is 12.6 Å². The summed E-state index contributed by atoms with van der Waals surface area (Å²) in [7, 11) is 1.21. The van der Waals surface area contributed by atoms with Crippen LogP contribution in [0.25, 0.3) is 0 Å². The van der Waals surface area contributed by atoms with Crippen LogP contribution in [-0.2, 0) is 20.5 Å². The molecule has 1 atom stereocenters. The maximum absolute atomic E-state index is 12.5. The molecule has 1 aromatic heterocycles. The first-order valence-electron chi connectivity index (χ1n) is 6.10. The van der Waals surface area contributed by atoms with Crippen LogP contribution >= 0.6 is 11.6 Å². The first-order valence-corrected chi connectivity index (χ1v) is 6.47. The molecule has 0 aliphatic carbocycles. The van der Waals surface area contributed by atoms with Crippen LogP contribution in [0.4, 0.5) is 19.0 Å². The number of hydrogen-bond acceptors (Lipinski definition) is 5. The molecule has 0 radical (unpaired) electrons. The quantitative estimate of drug-likeness (QED) is 0.855. The molecule has 2 heterocycles. The lowest BCUT2D eigenvalue weighted by Crippen LogP contribution is -2.32. The molecule has 1 fully saturated rings. The zero-order chi connectivity index (χ0) is 16.5. The van der Waals surface area contributed by atoms with Crippen molar-refractivity contribution in [3.63, 3.8) is 0 Å². The van der Waals surface area contributed by atoms with E-state index >= 15 is 0 Å². The number of anilines is 1. The van der Waals surface area contributed by atoms with Crippen molar-refractivity contribution in [3.05, 3.63) is 22.8 Å². The van der Waals surface area contributed by atoms with Crippen LogP contribution in [0, 0.1) is 5.92 Å². The highest BCUT2D eigenvalue weighted by molar-refractivity contribution is 6.33. The molecule has 1 saturated heterocycles. The van der Waals surface area contributed by atoms with Gasteiger partial charge in [0.2, 0.25) is 5.91 Å². The van der Waals surface area contributed by atoms with Crippen LogP contribution in [-0.4, -0.2) is 35.5 Å². The molecule has 120 valence electrons. The van der Waals surface area contributed by atoms with Gasteiger partial charge in [0, 0.05) is 12.6 Å². The van der Waals surface area contributed by atoms with Gasteiger partial charge in [-0.2, -0.15) is 13.2 Å². The number of nitrogens with zero attached hydrogens (tertiary/aromatic N) is 2. The van der Waals surface area contributed by atoms with Gasteiger partial charge in [0.25, 0.3) is 0 Å². The molecule has 0 bridgehead atoms. The minimum atomic E-state index is -4.56. The number of hydrogen-bond donors (Lipinski definition) is 1. The fraction of sp³-hybridized carbons (Fsp3) is 0.417. The van der Waals surface area contributed by atoms with Gasteiger partial charge in [0.05, 0.1) is 30.2 Å². The summed E-state index contributed by atoms with van der Waals surface area (Å²) in [6.45, 7) is 0.0184. The SMILES string of the molecule is COC(=O)C1CC(=O)N(Nc2ncc(C(F)(F)F)cc2Cl)C1. The van der Waals surface area contributed by atoms with Gasteiger partial charge in [0.1, 0.15) is 0 Å². The Labute approximate surface area is 128 Å². The molecule has 1 aliphatic heterocycles. The highest BCUT2D eigenvalue weighted by Crippen LogP contribution is 2.32. The van der Waals surface area contributed by atoms with Crippen molar-refractivity contribution >= 4 is 29.3 Å². The van der Waals surface area contributed by atoms with Gasteiger partial charge in [-0.3, -0.25) is 20.0 Å². The van der Waals surface area contributed by atoms with E-state index in [0.29, 0.717) is 12.3 Å². The van der Waals surface area contributed by atoms with Gasteiger partial charge in [-0.05, 0) is 6.07 Å². The Bertz CT molecular complexity index is 609. The van der Waals surface area contributed by atoms with E-state index in [0.717, 1.165) is 5.01 Å². The summed E-state index contributed by atoms with van der Waals surface area (Å²) in [5, 5.41) is 0.785. The van der Waals surface area contributed by atoms with Gasteiger partial charge in [-0.1, -0.05) is 11.6 Å². The lowest BCUT2D eigenvalue weighted by Gasteiger charge is -2.19. The Balaban J connectivity index is 2.11. The van der Waals surface area contributed by atoms with Crippen molar-refractivity contribution in [3.8, 4) is 0 Å². The largest absolute Gasteiger partial charge is 0.469 e. The third kappa shape index (κ3) is 3.41. The van der Waals surface area contributed by atoms with E-state index in [1.54, 1.807) is 0 Å². The molecule has 1 aromatic rings. The summed E-state index contributed by atoms with van der Waals surface area (Å²) in [4.78, 5) is 26.7. The topological polar surface area (TPSA) is 71.5 Å². The van der Waals surface area contributed by atoms with Crippen molar-refractivity contribution in [2.75, 3.05) is 19.1 Å². The fourth-order valence-corrected chi connectivity index (χ4v) is 2.15. The van der Waals surface area contributed by atoms with Crippen molar-refractivity contribution in [1.29, 1.82) is 0 Å². The number of carbonyl (C=O) groups is 2. The number of pyridine rings is 1. The third-order valence-corrected chi connectivity index (χ3v) is 3.36. The normalized spacial score (nSPS) is 18.5. The van der Waals surface area contributed by atoms with Crippen LogP contribution in [0.1, 0.15) is 12.0 Å². The smallest absolute Gasteiger partial charge is 0.417 e. The lowest BCUT2D eigenvalue weighted by molar-refractivity contribution is -0.145. The second-order valence-electron chi connectivity index (χ2n) is 4.59. The summed E-state index contributed by atoms with van der Waals surface area (Å²) in [5.41, 5.74) is 1.52. The summed E-state index contributed by atoms with van der Waals surface area (Å²) in [5.74, 6) is -1.69. The van der Waals surface area contributed by atoms with Gasteiger partial charge in [-0.15, -0.1) is 0 Å². The zero-order valence-electron chi connectivity index (χ0n) is 11.3. The monoisotopic (exact) mass is 337 g/mol. The third-order valence-electron chi connectivity index (χ3n) is 3.07. The number of amides is 1. The predicted octanol–water partition coefficient (Wildman–Crippen LogP) is 2.10.